The summed E-state index contributed by atoms with van der Waals surface area (Å²) in [6.07, 6.45) is 4.65. The topological polar surface area (TPSA) is 43.4 Å². The van der Waals surface area contributed by atoms with Crippen molar-refractivity contribution in [2.45, 2.75) is 13.3 Å². The molecule has 0 aromatic heterocycles. The van der Waals surface area contributed by atoms with Gasteiger partial charge in [0.25, 0.3) is 0 Å². The lowest BCUT2D eigenvalue weighted by Gasteiger charge is -1.99. The van der Waals surface area contributed by atoms with E-state index in [9.17, 15) is 9.59 Å². The van der Waals surface area contributed by atoms with Gasteiger partial charge in [0.2, 0.25) is 0 Å². The molecule has 1 aromatic carbocycles. The minimum absolute atomic E-state index is 0.255. The van der Waals surface area contributed by atoms with Crippen LogP contribution in [-0.4, -0.2) is 19.4 Å². The van der Waals surface area contributed by atoms with Crippen molar-refractivity contribution in [2.75, 3.05) is 7.11 Å². The lowest BCUT2D eigenvalue weighted by atomic mass is 10.1. The van der Waals surface area contributed by atoms with E-state index in [0.29, 0.717) is 5.56 Å². The van der Waals surface area contributed by atoms with Crippen LogP contribution in [0.1, 0.15) is 27.9 Å². The quantitative estimate of drug-likeness (QED) is 0.575. The first-order chi connectivity index (χ1) is 7.67. The first-order valence-corrected chi connectivity index (χ1v) is 4.96. The fourth-order valence-electron chi connectivity index (χ4n) is 1.31. The van der Waals surface area contributed by atoms with Crippen LogP contribution in [0.3, 0.4) is 0 Å². The molecule has 0 N–H and O–H groups in total. The Hall–Kier alpha value is -1.90. The number of carbonyl (C=O) groups is 2. The summed E-state index contributed by atoms with van der Waals surface area (Å²) in [7, 11) is 1.36. The second kappa shape index (κ2) is 5.85. The summed E-state index contributed by atoms with van der Waals surface area (Å²) in [5.41, 5.74) is 2.58. The number of methoxy groups -OCH3 is 1. The maximum atomic E-state index is 10.8. The molecule has 3 nitrogen and oxygen atoms in total. The van der Waals surface area contributed by atoms with Crippen LogP contribution in [0.4, 0.5) is 0 Å². The lowest BCUT2D eigenvalue weighted by Crippen LogP contribution is -1.96. The standard InChI is InChI=1S/C13H14O3/c1-10-8-11(6-7-12(10)9-14)4-3-5-13(15)16-2/h3-4,6-9H,5H2,1-2H3. The fraction of sp³-hybridized carbons (Fsp3) is 0.231. The summed E-state index contributed by atoms with van der Waals surface area (Å²) in [6, 6.07) is 5.50. The molecule has 0 heterocycles. The first kappa shape index (κ1) is 12.2. The van der Waals surface area contributed by atoms with Gasteiger partial charge in [0, 0.05) is 5.56 Å². The molecule has 0 atom stereocenters. The predicted octanol–water partition coefficient (Wildman–Crippen LogP) is 2.38. The average molecular weight is 218 g/mol. The Labute approximate surface area is 94.7 Å². The van der Waals surface area contributed by atoms with Gasteiger partial charge in [-0.2, -0.15) is 0 Å². The summed E-state index contributed by atoms with van der Waals surface area (Å²) in [5.74, 6) is -0.266. The highest BCUT2D eigenvalue weighted by Crippen LogP contribution is 2.10. The maximum Gasteiger partial charge on any atom is 0.309 e. The van der Waals surface area contributed by atoms with E-state index < -0.39 is 0 Å². The van der Waals surface area contributed by atoms with E-state index in [1.54, 1.807) is 12.1 Å². The summed E-state index contributed by atoms with van der Waals surface area (Å²) >= 11 is 0. The van der Waals surface area contributed by atoms with E-state index in [0.717, 1.165) is 17.4 Å². The number of benzene rings is 1. The van der Waals surface area contributed by atoms with Crippen molar-refractivity contribution in [3.8, 4) is 0 Å². The largest absolute Gasteiger partial charge is 0.469 e. The van der Waals surface area contributed by atoms with Gasteiger partial charge >= 0.3 is 5.97 Å². The molecule has 1 aromatic rings. The molecule has 0 aliphatic rings. The minimum Gasteiger partial charge on any atom is -0.469 e. The average Bonchev–Trinajstić information content (AvgIpc) is 2.29. The predicted molar refractivity (Wildman–Crippen MR) is 62.2 cm³/mol. The molecule has 0 aliphatic carbocycles. The Morgan fingerprint density at radius 2 is 2.19 bits per heavy atom. The summed E-state index contributed by atoms with van der Waals surface area (Å²) in [6.45, 7) is 1.88. The first-order valence-electron chi connectivity index (χ1n) is 4.96. The molecule has 0 bridgehead atoms. The molecule has 3 heteroatoms. The number of carbonyl (C=O) groups excluding carboxylic acids is 2. The van der Waals surface area contributed by atoms with Crippen molar-refractivity contribution in [3.05, 3.63) is 41.0 Å². The molecule has 16 heavy (non-hydrogen) atoms. The van der Waals surface area contributed by atoms with Crippen LogP contribution in [0, 0.1) is 6.92 Å². The molecule has 84 valence electrons. The number of aldehydes is 1. The highest BCUT2D eigenvalue weighted by Gasteiger charge is 1.97. The molecule has 0 radical (unpaired) electrons. The molecule has 0 spiro atoms. The van der Waals surface area contributed by atoms with Gasteiger partial charge in [0.15, 0.2) is 0 Å². The van der Waals surface area contributed by atoms with Gasteiger partial charge < -0.3 is 4.74 Å². The molecule has 0 saturated heterocycles. The molecule has 0 saturated carbocycles. The number of hydrogen-bond acceptors (Lipinski definition) is 3. The van der Waals surface area contributed by atoms with Gasteiger partial charge in [-0.25, -0.2) is 0 Å². The molecule has 0 unspecified atom stereocenters. The third-order valence-electron chi connectivity index (χ3n) is 2.24. The van der Waals surface area contributed by atoms with Crippen molar-refractivity contribution < 1.29 is 14.3 Å². The number of rotatable bonds is 4. The highest BCUT2D eigenvalue weighted by atomic mass is 16.5. The van der Waals surface area contributed by atoms with Gasteiger partial charge in [-0.3, -0.25) is 9.59 Å². The van der Waals surface area contributed by atoms with Crippen LogP contribution in [0.2, 0.25) is 0 Å². The smallest absolute Gasteiger partial charge is 0.309 e. The van der Waals surface area contributed by atoms with Crippen LogP contribution in [0.5, 0.6) is 0 Å². The zero-order valence-electron chi connectivity index (χ0n) is 9.40. The fourth-order valence-corrected chi connectivity index (χ4v) is 1.31. The second-order valence-corrected chi connectivity index (χ2v) is 3.42. The summed E-state index contributed by atoms with van der Waals surface area (Å²) < 4.78 is 4.51. The zero-order chi connectivity index (χ0) is 12.0. The molecule has 0 amide bonds. The normalized spacial score (nSPS) is 10.4. The van der Waals surface area contributed by atoms with Crippen molar-refractivity contribution in [2.24, 2.45) is 0 Å². The van der Waals surface area contributed by atoms with Gasteiger partial charge in [-0.05, 0) is 18.1 Å². The van der Waals surface area contributed by atoms with Crippen molar-refractivity contribution in [1.82, 2.24) is 0 Å². The zero-order valence-corrected chi connectivity index (χ0v) is 9.40. The number of aryl methyl sites for hydroxylation is 1. The van der Waals surface area contributed by atoms with Gasteiger partial charge in [-0.1, -0.05) is 30.4 Å². The van der Waals surface area contributed by atoms with Crippen molar-refractivity contribution in [1.29, 1.82) is 0 Å². The highest BCUT2D eigenvalue weighted by molar-refractivity contribution is 5.78. The molecular weight excluding hydrogens is 204 g/mol. The van der Waals surface area contributed by atoms with E-state index in [2.05, 4.69) is 4.74 Å². The Morgan fingerprint density at radius 1 is 1.44 bits per heavy atom. The SMILES string of the molecule is COC(=O)CC=Cc1ccc(C=O)c(C)c1. The van der Waals surface area contributed by atoms with Gasteiger partial charge in [-0.15, -0.1) is 0 Å². The van der Waals surface area contributed by atoms with Crippen LogP contribution < -0.4 is 0 Å². The molecule has 0 aliphatic heterocycles. The lowest BCUT2D eigenvalue weighted by molar-refractivity contribution is -0.139. The van der Waals surface area contributed by atoms with E-state index >= 15 is 0 Å². The molecule has 1 rings (SSSR count). The second-order valence-electron chi connectivity index (χ2n) is 3.42. The van der Waals surface area contributed by atoms with Crippen LogP contribution >= 0.6 is 0 Å². The Balaban J connectivity index is 2.71. The van der Waals surface area contributed by atoms with Crippen LogP contribution in [-0.2, 0) is 9.53 Å². The Kier molecular flexibility index (Phi) is 4.45. The van der Waals surface area contributed by atoms with E-state index in [1.165, 1.54) is 7.11 Å². The molecular formula is C13H14O3. The number of ether oxygens (including phenoxy) is 1. The van der Waals surface area contributed by atoms with Gasteiger partial charge in [0.1, 0.15) is 6.29 Å². The van der Waals surface area contributed by atoms with E-state index in [-0.39, 0.29) is 12.4 Å². The number of hydrogen-bond donors (Lipinski definition) is 0. The molecule has 0 fully saturated rings. The Morgan fingerprint density at radius 3 is 2.75 bits per heavy atom. The minimum atomic E-state index is -0.266. The third-order valence-corrected chi connectivity index (χ3v) is 2.24. The van der Waals surface area contributed by atoms with E-state index in [1.807, 2.05) is 25.1 Å². The summed E-state index contributed by atoms with van der Waals surface area (Å²) in [5, 5.41) is 0. The third kappa shape index (κ3) is 3.35. The van der Waals surface area contributed by atoms with Gasteiger partial charge in [0.05, 0.1) is 13.5 Å². The Bertz CT molecular complexity index is 419. The maximum absolute atomic E-state index is 10.8. The van der Waals surface area contributed by atoms with Crippen LogP contribution in [0.25, 0.3) is 6.08 Å². The van der Waals surface area contributed by atoms with Crippen molar-refractivity contribution in [3.63, 3.8) is 0 Å². The van der Waals surface area contributed by atoms with Crippen molar-refractivity contribution >= 4 is 18.3 Å². The summed E-state index contributed by atoms with van der Waals surface area (Å²) in [4.78, 5) is 21.5. The number of esters is 1. The van der Waals surface area contributed by atoms with E-state index in [4.69, 9.17) is 0 Å². The monoisotopic (exact) mass is 218 g/mol. The van der Waals surface area contributed by atoms with Crippen LogP contribution in [0.15, 0.2) is 24.3 Å².